The number of rotatable bonds is 7. The molecule has 1 fully saturated rings. The lowest BCUT2D eigenvalue weighted by atomic mass is 9.85. The number of anilines is 1. The molecule has 4 rings (SSSR count). The first-order valence-electron chi connectivity index (χ1n) is 10.8. The maximum atomic E-state index is 12.7. The Labute approximate surface area is 192 Å². The summed E-state index contributed by atoms with van der Waals surface area (Å²) >= 11 is 0. The van der Waals surface area contributed by atoms with E-state index in [-0.39, 0.29) is 23.7 Å². The van der Waals surface area contributed by atoms with Gasteiger partial charge in [0.2, 0.25) is 5.82 Å². The first kappa shape index (κ1) is 22.2. The molecule has 1 saturated heterocycles. The van der Waals surface area contributed by atoms with Crippen molar-refractivity contribution in [3.63, 3.8) is 0 Å². The molecule has 1 aliphatic heterocycles. The van der Waals surface area contributed by atoms with Gasteiger partial charge in [-0.1, -0.05) is 24.8 Å². The van der Waals surface area contributed by atoms with Crippen LogP contribution in [0.15, 0.2) is 60.9 Å². The quantitative estimate of drug-likeness (QED) is 0.482. The fraction of sp³-hybridized carbons (Fsp3) is 0.280. The Morgan fingerprint density at radius 2 is 2.09 bits per heavy atom. The Morgan fingerprint density at radius 1 is 1.30 bits per heavy atom. The van der Waals surface area contributed by atoms with Crippen molar-refractivity contribution >= 4 is 22.4 Å². The van der Waals surface area contributed by atoms with E-state index in [9.17, 15) is 4.79 Å². The van der Waals surface area contributed by atoms with E-state index in [1.807, 2.05) is 12.1 Å². The van der Waals surface area contributed by atoms with Crippen LogP contribution in [0.5, 0.6) is 5.75 Å². The number of nitrogens with one attached hydrogen (secondary N) is 3. The molecule has 33 heavy (non-hydrogen) atoms. The van der Waals surface area contributed by atoms with Gasteiger partial charge in [-0.2, -0.15) is 5.26 Å². The normalized spacial score (nSPS) is 17.7. The van der Waals surface area contributed by atoms with Crippen LogP contribution in [0.4, 0.5) is 5.69 Å². The number of benzene rings is 2. The molecule has 1 aliphatic rings. The predicted molar refractivity (Wildman–Crippen MR) is 127 cm³/mol. The molecule has 1 aromatic heterocycles. The Balaban J connectivity index is 1.66. The molecular formula is C25H26N6O2. The molecule has 0 saturated carbocycles. The molecule has 2 heterocycles. The molecular weight excluding hydrogens is 416 g/mol. The number of methoxy groups -OCH3 is 1. The van der Waals surface area contributed by atoms with Crippen LogP contribution in [0.2, 0.25) is 0 Å². The predicted octanol–water partition coefficient (Wildman–Crippen LogP) is 3.01. The SMILES string of the molecule is C=C(C#N)CNc1c(OC)ccc2ccc(C3CCNC[C@H]3NC(=O)c3ncccn3)cc12. The lowest BCUT2D eigenvalue weighted by molar-refractivity contribution is 0.0913. The van der Waals surface area contributed by atoms with Crippen LogP contribution in [-0.2, 0) is 0 Å². The van der Waals surface area contributed by atoms with E-state index in [1.54, 1.807) is 25.6 Å². The van der Waals surface area contributed by atoms with Gasteiger partial charge in [-0.25, -0.2) is 9.97 Å². The summed E-state index contributed by atoms with van der Waals surface area (Å²) in [5.74, 6) is 0.696. The Kier molecular flexibility index (Phi) is 6.81. The van der Waals surface area contributed by atoms with Crippen molar-refractivity contribution in [2.75, 3.05) is 32.1 Å². The second-order valence-corrected chi connectivity index (χ2v) is 7.94. The van der Waals surface area contributed by atoms with E-state index in [1.165, 1.54) is 0 Å². The van der Waals surface area contributed by atoms with E-state index in [0.717, 1.165) is 35.0 Å². The van der Waals surface area contributed by atoms with Crippen LogP contribution >= 0.6 is 0 Å². The molecule has 0 bridgehead atoms. The number of nitrogens with zero attached hydrogens (tertiary/aromatic N) is 3. The third-order valence-electron chi connectivity index (χ3n) is 5.86. The highest BCUT2D eigenvalue weighted by molar-refractivity contribution is 5.97. The van der Waals surface area contributed by atoms with Gasteiger partial charge in [-0.05, 0) is 42.1 Å². The zero-order chi connectivity index (χ0) is 23.2. The summed E-state index contributed by atoms with van der Waals surface area (Å²) in [5, 5.41) is 20.9. The molecule has 1 unspecified atom stereocenters. The number of hydrogen-bond acceptors (Lipinski definition) is 7. The molecule has 0 aliphatic carbocycles. The second kappa shape index (κ2) is 10.1. The summed E-state index contributed by atoms with van der Waals surface area (Å²) in [4.78, 5) is 20.8. The van der Waals surface area contributed by atoms with E-state index in [0.29, 0.717) is 24.4 Å². The van der Waals surface area contributed by atoms with Gasteiger partial charge >= 0.3 is 0 Å². The number of aromatic nitrogens is 2. The zero-order valence-electron chi connectivity index (χ0n) is 18.5. The van der Waals surface area contributed by atoms with Crippen molar-refractivity contribution in [1.29, 1.82) is 5.26 Å². The monoisotopic (exact) mass is 442 g/mol. The molecule has 2 aromatic carbocycles. The molecule has 8 heteroatoms. The van der Waals surface area contributed by atoms with Crippen LogP contribution < -0.4 is 20.7 Å². The van der Waals surface area contributed by atoms with Crippen molar-refractivity contribution in [2.24, 2.45) is 0 Å². The van der Waals surface area contributed by atoms with Gasteiger partial charge in [0.25, 0.3) is 5.91 Å². The topological polar surface area (TPSA) is 112 Å². The fourth-order valence-corrected chi connectivity index (χ4v) is 4.19. The number of carbonyl (C=O) groups excluding carboxylic acids is 1. The molecule has 2 atom stereocenters. The number of carbonyl (C=O) groups is 1. The van der Waals surface area contributed by atoms with E-state index >= 15 is 0 Å². The van der Waals surface area contributed by atoms with Crippen LogP contribution in [0.25, 0.3) is 10.8 Å². The summed E-state index contributed by atoms with van der Waals surface area (Å²) in [6.45, 7) is 5.61. The first-order valence-corrected chi connectivity index (χ1v) is 10.8. The van der Waals surface area contributed by atoms with Crippen LogP contribution in [0, 0.1) is 11.3 Å². The van der Waals surface area contributed by atoms with Gasteiger partial charge in [0.05, 0.1) is 18.9 Å². The van der Waals surface area contributed by atoms with Crippen molar-refractivity contribution in [3.8, 4) is 11.8 Å². The number of amides is 1. The lowest BCUT2D eigenvalue weighted by Gasteiger charge is -2.33. The molecule has 0 radical (unpaired) electrons. The summed E-state index contributed by atoms with van der Waals surface area (Å²) in [6.07, 6.45) is 4.00. The number of ether oxygens (including phenoxy) is 1. The summed E-state index contributed by atoms with van der Waals surface area (Å²) < 4.78 is 5.57. The standard InChI is InChI=1S/C25H26N6O2/c1-16(13-26)14-30-23-20-12-18(5-4-17(20)6-7-22(23)33-2)19-8-11-27-15-21(19)31-25(32)24-28-9-3-10-29-24/h3-7,9-10,12,19,21,27,30H,1,8,11,14-15H2,2H3,(H,31,32)/t19?,21-/m1/s1. The molecule has 0 spiro atoms. The molecule has 8 nitrogen and oxygen atoms in total. The van der Waals surface area contributed by atoms with E-state index in [2.05, 4.69) is 56.8 Å². The van der Waals surface area contributed by atoms with Gasteiger partial charge in [0.1, 0.15) is 5.75 Å². The number of fused-ring (bicyclic) bond motifs is 1. The molecule has 168 valence electrons. The molecule has 3 N–H and O–H groups in total. The van der Waals surface area contributed by atoms with E-state index in [4.69, 9.17) is 10.00 Å². The summed E-state index contributed by atoms with van der Waals surface area (Å²) in [5.41, 5.74) is 2.38. The van der Waals surface area contributed by atoms with Crippen molar-refractivity contribution in [1.82, 2.24) is 20.6 Å². The highest BCUT2D eigenvalue weighted by Gasteiger charge is 2.29. The van der Waals surface area contributed by atoms with Crippen LogP contribution in [-0.4, -0.2) is 48.7 Å². The van der Waals surface area contributed by atoms with E-state index < -0.39 is 0 Å². The third kappa shape index (κ3) is 4.94. The maximum absolute atomic E-state index is 12.7. The minimum atomic E-state index is -0.283. The average Bonchev–Trinajstić information content (AvgIpc) is 2.87. The zero-order valence-corrected chi connectivity index (χ0v) is 18.5. The largest absolute Gasteiger partial charge is 0.495 e. The van der Waals surface area contributed by atoms with Gasteiger partial charge in [0, 0.05) is 48.4 Å². The Morgan fingerprint density at radius 3 is 2.85 bits per heavy atom. The third-order valence-corrected chi connectivity index (χ3v) is 5.86. The minimum absolute atomic E-state index is 0.104. The van der Waals surface area contributed by atoms with Crippen LogP contribution in [0.3, 0.4) is 0 Å². The average molecular weight is 443 g/mol. The lowest BCUT2D eigenvalue weighted by Crippen LogP contribution is -2.50. The highest BCUT2D eigenvalue weighted by Crippen LogP contribution is 2.36. The molecule has 1 amide bonds. The fourth-order valence-electron chi connectivity index (χ4n) is 4.19. The van der Waals surface area contributed by atoms with Gasteiger partial charge in [-0.3, -0.25) is 4.79 Å². The van der Waals surface area contributed by atoms with Gasteiger partial charge in [-0.15, -0.1) is 0 Å². The number of piperidine rings is 1. The van der Waals surface area contributed by atoms with Gasteiger partial charge in [0.15, 0.2) is 0 Å². The van der Waals surface area contributed by atoms with Crippen molar-refractivity contribution in [3.05, 3.63) is 72.3 Å². The van der Waals surface area contributed by atoms with Crippen LogP contribution in [0.1, 0.15) is 28.5 Å². The number of hydrogen-bond donors (Lipinski definition) is 3. The van der Waals surface area contributed by atoms with Crippen molar-refractivity contribution < 1.29 is 9.53 Å². The maximum Gasteiger partial charge on any atom is 0.289 e. The second-order valence-electron chi connectivity index (χ2n) is 7.94. The first-order chi connectivity index (χ1) is 16.1. The Bertz CT molecular complexity index is 1200. The smallest absolute Gasteiger partial charge is 0.289 e. The minimum Gasteiger partial charge on any atom is -0.495 e. The molecule has 3 aromatic rings. The summed E-state index contributed by atoms with van der Waals surface area (Å²) in [7, 11) is 1.62. The number of nitriles is 1. The highest BCUT2D eigenvalue weighted by atomic mass is 16.5. The Hall–Kier alpha value is -3.96. The summed E-state index contributed by atoms with van der Waals surface area (Å²) in [6, 6.07) is 13.9. The van der Waals surface area contributed by atoms with Gasteiger partial charge < -0.3 is 20.7 Å². The van der Waals surface area contributed by atoms with Crippen molar-refractivity contribution in [2.45, 2.75) is 18.4 Å².